The summed E-state index contributed by atoms with van der Waals surface area (Å²) < 4.78 is 13.3. The highest BCUT2D eigenvalue weighted by atomic mass is 35.5. The lowest BCUT2D eigenvalue weighted by Crippen LogP contribution is -2.35. The number of aromatic nitrogens is 2. The Morgan fingerprint density at radius 1 is 1.04 bits per heavy atom. The molecule has 0 aliphatic carbocycles. The second kappa shape index (κ2) is 10.9. The molecule has 152 valence electrons. The normalized spacial score (nSPS) is 12.0. The smallest absolute Gasteiger partial charge is 0.119 e. The van der Waals surface area contributed by atoms with E-state index in [0.717, 1.165) is 16.7 Å². The van der Waals surface area contributed by atoms with Gasteiger partial charge in [0, 0.05) is 18.0 Å². The van der Waals surface area contributed by atoms with Crippen molar-refractivity contribution in [1.82, 2.24) is 15.1 Å². The minimum absolute atomic E-state index is 0. The molecule has 0 saturated heterocycles. The Bertz CT molecular complexity index is 836. The van der Waals surface area contributed by atoms with Crippen molar-refractivity contribution in [2.75, 3.05) is 19.8 Å². The summed E-state index contributed by atoms with van der Waals surface area (Å²) in [5, 5.41) is 18.6. The third-order valence-corrected chi connectivity index (χ3v) is 4.15. The van der Waals surface area contributed by atoms with Gasteiger partial charge in [-0.1, -0.05) is 32.0 Å². The summed E-state index contributed by atoms with van der Waals surface area (Å²) in [4.78, 5) is 0. The number of fused-ring (bicyclic) bond motifs is 1. The fourth-order valence-corrected chi connectivity index (χ4v) is 2.71. The van der Waals surface area contributed by atoms with E-state index in [1.807, 2.05) is 67.2 Å². The van der Waals surface area contributed by atoms with Crippen LogP contribution in [0.25, 0.3) is 10.9 Å². The van der Waals surface area contributed by atoms with E-state index in [1.165, 1.54) is 0 Å². The first-order chi connectivity index (χ1) is 13.1. The van der Waals surface area contributed by atoms with Gasteiger partial charge in [0.1, 0.15) is 30.8 Å². The molecule has 0 radical (unpaired) electrons. The molecule has 2 N–H and O–H groups in total. The van der Waals surface area contributed by atoms with Gasteiger partial charge < -0.3 is 19.9 Å². The molecule has 3 rings (SSSR count). The van der Waals surface area contributed by atoms with Gasteiger partial charge in [-0.3, -0.25) is 4.68 Å². The van der Waals surface area contributed by atoms with E-state index in [1.54, 1.807) is 0 Å². The molecule has 1 atom stereocenters. The van der Waals surface area contributed by atoms with Crippen LogP contribution in [0.4, 0.5) is 0 Å². The molecule has 1 aromatic heterocycles. The second-order valence-corrected chi connectivity index (χ2v) is 6.77. The van der Waals surface area contributed by atoms with Gasteiger partial charge in [-0.25, -0.2) is 0 Å². The topological polar surface area (TPSA) is 68.5 Å². The lowest BCUT2D eigenvalue weighted by atomic mass is 10.3. The van der Waals surface area contributed by atoms with Gasteiger partial charge in [0.25, 0.3) is 0 Å². The molecular formula is C21H28ClN3O3. The maximum Gasteiger partial charge on any atom is 0.119 e. The number of aliphatic hydroxyl groups excluding tert-OH is 1. The Balaban J connectivity index is 0.00000280. The largest absolute Gasteiger partial charge is 0.492 e. The number of halogens is 1. The molecule has 7 heteroatoms. The Morgan fingerprint density at radius 3 is 2.43 bits per heavy atom. The minimum Gasteiger partial charge on any atom is -0.492 e. The van der Waals surface area contributed by atoms with E-state index in [9.17, 15) is 5.11 Å². The number of para-hydroxylation sites is 1. The Hall–Kier alpha value is -2.28. The summed E-state index contributed by atoms with van der Waals surface area (Å²) in [5.74, 6) is 1.49. The van der Waals surface area contributed by atoms with Crippen molar-refractivity contribution in [2.45, 2.75) is 32.5 Å². The SMILES string of the molecule is CC(C)NCC(O)COc1ccc(OCCn2ncc3ccccc32)cc1.Cl. The second-order valence-electron chi connectivity index (χ2n) is 6.77. The number of ether oxygens (including phenoxy) is 2. The molecule has 28 heavy (non-hydrogen) atoms. The summed E-state index contributed by atoms with van der Waals surface area (Å²) in [6.45, 7) is 6.07. The van der Waals surface area contributed by atoms with Crippen LogP contribution in [0, 0.1) is 0 Å². The molecule has 6 nitrogen and oxygen atoms in total. The molecular weight excluding hydrogens is 378 g/mol. The van der Waals surface area contributed by atoms with Gasteiger partial charge in [0.2, 0.25) is 0 Å². The highest BCUT2D eigenvalue weighted by Crippen LogP contribution is 2.18. The van der Waals surface area contributed by atoms with Crippen molar-refractivity contribution in [3.8, 4) is 11.5 Å². The molecule has 0 spiro atoms. The fourth-order valence-electron chi connectivity index (χ4n) is 2.71. The van der Waals surface area contributed by atoms with Crippen molar-refractivity contribution < 1.29 is 14.6 Å². The Morgan fingerprint density at radius 2 is 1.71 bits per heavy atom. The van der Waals surface area contributed by atoms with Gasteiger partial charge in [0.15, 0.2) is 0 Å². The summed E-state index contributed by atoms with van der Waals surface area (Å²) in [6.07, 6.45) is 1.33. The van der Waals surface area contributed by atoms with Crippen LogP contribution in [0.15, 0.2) is 54.7 Å². The van der Waals surface area contributed by atoms with Crippen LogP contribution < -0.4 is 14.8 Å². The number of rotatable bonds is 10. The van der Waals surface area contributed by atoms with Crippen molar-refractivity contribution in [1.29, 1.82) is 0 Å². The van der Waals surface area contributed by atoms with Crippen LogP contribution in [0.3, 0.4) is 0 Å². The van der Waals surface area contributed by atoms with E-state index < -0.39 is 6.10 Å². The molecule has 0 saturated carbocycles. The number of nitrogens with zero attached hydrogens (tertiary/aromatic N) is 2. The zero-order valence-electron chi connectivity index (χ0n) is 16.2. The highest BCUT2D eigenvalue weighted by Gasteiger charge is 2.06. The molecule has 0 fully saturated rings. The van der Waals surface area contributed by atoms with Crippen LogP contribution in [0.5, 0.6) is 11.5 Å². The first kappa shape index (κ1) is 22.0. The maximum absolute atomic E-state index is 9.88. The number of hydrogen-bond donors (Lipinski definition) is 2. The number of aliphatic hydroxyl groups is 1. The number of hydrogen-bond acceptors (Lipinski definition) is 5. The Labute approximate surface area is 171 Å². The summed E-state index contributed by atoms with van der Waals surface area (Å²) in [7, 11) is 0. The van der Waals surface area contributed by atoms with E-state index >= 15 is 0 Å². The fraction of sp³-hybridized carbons (Fsp3) is 0.381. The molecule has 0 amide bonds. The first-order valence-corrected chi connectivity index (χ1v) is 9.29. The van der Waals surface area contributed by atoms with E-state index in [-0.39, 0.29) is 19.0 Å². The van der Waals surface area contributed by atoms with Gasteiger partial charge in [0.05, 0.1) is 18.3 Å². The van der Waals surface area contributed by atoms with E-state index in [2.05, 4.69) is 16.5 Å². The van der Waals surface area contributed by atoms with Gasteiger partial charge >= 0.3 is 0 Å². The van der Waals surface area contributed by atoms with Crippen molar-refractivity contribution >= 4 is 23.3 Å². The lowest BCUT2D eigenvalue weighted by Gasteiger charge is -2.15. The molecule has 0 aliphatic rings. The van der Waals surface area contributed by atoms with E-state index in [0.29, 0.717) is 31.5 Å². The van der Waals surface area contributed by atoms with Crippen molar-refractivity contribution in [3.05, 3.63) is 54.7 Å². The van der Waals surface area contributed by atoms with Gasteiger partial charge in [-0.15, -0.1) is 12.4 Å². The average molecular weight is 406 g/mol. The lowest BCUT2D eigenvalue weighted by molar-refractivity contribution is 0.104. The summed E-state index contributed by atoms with van der Waals surface area (Å²) in [6, 6.07) is 15.9. The molecule has 1 heterocycles. The van der Waals surface area contributed by atoms with Gasteiger partial charge in [-0.2, -0.15) is 5.10 Å². The van der Waals surface area contributed by atoms with Crippen molar-refractivity contribution in [3.63, 3.8) is 0 Å². The van der Waals surface area contributed by atoms with Crippen molar-refractivity contribution in [2.24, 2.45) is 0 Å². The Kier molecular flexibility index (Phi) is 8.57. The van der Waals surface area contributed by atoms with Crippen LogP contribution in [-0.4, -0.2) is 46.8 Å². The van der Waals surface area contributed by atoms with Crippen LogP contribution >= 0.6 is 12.4 Å². The predicted octanol–water partition coefficient (Wildman–Crippen LogP) is 3.27. The zero-order valence-corrected chi connectivity index (χ0v) is 17.1. The first-order valence-electron chi connectivity index (χ1n) is 9.29. The van der Waals surface area contributed by atoms with Gasteiger partial charge in [-0.05, 0) is 30.3 Å². The molecule has 0 aliphatic heterocycles. The maximum atomic E-state index is 9.88. The summed E-state index contributed by atoms with van der Waals surface area (Å²) in [5.41, 5.74) is 1.11. The number of nitrogens with one attached hydrogen (secondary N) is 1. The summed E-state index contributed by atoms with van der Waals surface area (Å²) >= 11 is 0. The monoisotopic (exact) mass is 405 g/mol. The number of benzene rings is 2. The molecule has 3 aromatic rings. The van der Waals surface area contributed by atoms with Crippen LogP contribution in [-0.2, 0) is 6.54 Å². The van der Waals surface area contributed by atoms with E-state index in [4.69, 9.17) is 9.47 Å². The minimum atomic E-state index is -0.535. The predicted molar refractivity (Wildman–Crippen MR) is 114 cm³/mol. The quantitative estimate of drug-likeness (QED) is 0.541. The third kappa shape index (κ3) is 6.41. The zero-order chi connectivity index (χ0) is 19.1. The highest BCUT2D eigenvalue weighted by molar-refractivity contribution is 5.85. The average Bonchev–Trinajstić information content (AvgIpc) is 3.09. The van der Waals surface area contributed by atoms with Crippen LogP contribution in [0.2, 0.25) is 0 Å². The molecule has 1 unspecified atom stereocenters. The molecule has 0 bridgehead atoms. The third-order valence-electron chi connectivity index (χ3n) is 4.15. The molecule has 2 aromatic carbocycles. The standard InChI is InChI=1S/C21H27N3O3.ClH/c1-16(2)22-14-18(25)15-27-20-9-7-19(8-10-20)26-12-11-24-21-6-4-3-5-17(21)13-23-24;/h3-10,13,16,18,22,25H,11-12,14-15H2,1-2H3;1H. The van der Waals surface area contributed by atoms with Crippen LogP contribution in [0.1, 0.15) is 13.8 Å².